The van der Waals surface area contributed by atoms with E-state index in [4.69, 9.17) is 4.84 Å². The number of benzene rings is 1. The van der Waals surface area contributed by atoms with Gasteiger partial charge in [0.15, 0.2) is 5.78 Å². The maximum atomic E-state index is 11.5. The average molecular weight is 189 g/mol. The highest BCUT2D eigenvalue weighted by Crippen LogP contribution is 2.35. The number of nitrogens with zero attached hydrogens (tertiary/aromatic N) is 1. The molecule has 3 heteroatoms. The monoisotopic (exact) mass is 189 g/mol. The van der Waals surface area contributed by atoms with Crippen molar-refractivity contribution in [2.45, 2.75) is 25.0 Å². The summed E-state index contributed by atoms with van der Waals surface area (Å²) in [6.45, 7) is 0. The van der Waals surface area contributed by atoms with E-state index in [1.807, 2.05) is 30.3 Å². The Hall–Kier alpha value is -1.35. The van der Waals surface area contributed by atoms with Crippen LogP contribution in [0.15, 0.2) is 30.3 Å². The fourth-order valence-corrected chi connectivity index (χ4v) is 2.18. The quantitative estimate of drug-likeness (QED) is 0.671. The van der Waals surface area contributed by atoms with Gasteiger partial charge >= 0.3 is 0 Å². The van der Waals surface area contributed by atoms with Crippen LogP contribution in [0, 0.1) is 0 Å². The lowest BCUT2D eigenvalue weighted by molar-refractivity contribution is -0.123. The van der Waals surface area contributed by atoms with Gasteiger partial charge in [-0.3, -0.25) is 9.63 Å². The summed E-state index contributed by atoms with van der Waals surface area (Å²) in [4.78, 5) is 17.1. The van der Waals surface area contributed by atoms with Gasteiger partial charge in [0, 0.05) is 12.8 Å². The normalized spacial score (nSPS) is 30.0. The molecule has 0 aromatic heterocycles. The lowest BCUT2D eigenvalue weighted by atomic mass is 10.2. The van der Waals surface area contributed by atoms with E-state index in [9.17, 15) is 4.79 Å². The molecule has 1 aromatic carbocycles. The van der Waals surface area contributed by atoms with Crippen LogP contribution >= 0.6 is 0 Å². The van der Waals surface area contributed by atoms with Crippen LogP contribution in [-0.4, -0.2) is 17.9 Å². The van der Waals surface area contributed by atoms with Gasteiger partial charge in [-0.15, -0.1) is 0 Å². The van der Waals surface area contributed by atoms with Crippen molar-refractivity contribution in [3.63, 3.8) is 0 Å². The van der Waals surface area contributed by atoms with Gasteiger partial charge < -0.3 is 0 Å². The maximum absolute atomic E-state index is 11.5. The Labute approximate surface area is 82.2 Å². The SMILES string of the molecule is O=C1CC2CC1N(c1ccccc1)O2. The molecule has 3 nitrogen and oxygen atoms in total. The summed E-state index contributed by atoms with van der Waals surface area (Å²) in [5.74, 6) is 0.310. The molecule has 3 rings (SSSR count). The van der Waals surface area contributed by atoms with E-state index in [1.54, 1.807) is 5.06 Å². The lowest BCUT2D eigenvalue weighted by Gasteiger charge is -2.26. The number of rotatable bonds is 1. The smallest absolute Gasteiger partial charge is 0.160 e. The molecule has 2 bridgehead atoms. The van der Waals surface area contributed by atoms with Crippen molar-refractivity contribution in [1.82, 2.24) is 0 Å². The molecule has 0 amide bonds. The van der Waals surface area contributed by atoms with Gasteiger partial charge in [0.25, 0.3) is 0 Å². The Morgan fingerprint density at radius 1 is 1.29 bits per heavy atom. The van der Waals surface area contributed by atoms with Crippen LogP contribution < -0.4 is 5.06 Å². The van der Waals surface area contributed by atoms with Crippen molar-refractivity contribution in [2.24, 2.45) is 0 Å². The summed E-state index contributed by atoms with van der Waals surface area (Å²) in [5.41, 5.74) is 0.980. The van der Waals surface area contributed by atoms with Crippen molar-refractivity contribution in [1.29, 1.82) is 0 Å². The van der Waals surface area contributed by atoms with Crippen molar-refractivity contribution >= 4 is 11.5 Å². The Morgan fingerprint density at radius 2 is 2.07 bits per heavy atom. The highest BCUT2D eigenvalue weighted by Gasteiger charge is 2.45. The Kier molecular flexibility index (Phi) is 1.61. The van der Waals surface area contributed by atoms with E-state index < -0.39 is 0 Å². The first kappa shape index (κ1) is 8.00. The van der Waals surface area contributed by atoms with Crippen LogP contribution in [0.1, 0.15) is 12.8 Å². The molecular weight excluding hydrogens is 178 g/mol. The summed E-state index contributed by atoms with van der Waals surface area (Å²) in [6, 6.07) is 9.76. The van der Waals surface area contributed by atoms with E-state index in [-0.39, 0.29) is 12.1 Å². The number of anilines is 1. The minimum atomic E-state index is -0.0394. The van der Waals surface area contributed by atoms with Crippen LogP contribution in [0.25, 0.3) is 0 Å². The van der Waals surface area contributed by atoms with Gasteiger partial charge in [0.05, 0.1) is 11.8 Å². The number of fused-ring (bicyclic) bond motifs is 2. The number of hydrogen-bond donors (Lipinski definition) is 0. The first-order valence-electron chi connectivity index (χ1n) is 4.88. The molecule has 1 heterocycles. The molecule has 14 heavy (non-hydrogen) atoms. The second-order valence-electron chi connectivity index (χ2n) is 3.81. The summed E-state index contributed by atoms with van der Waals surface area (Å²) >= 11 is 0. The topological polar surface area (TPSA) is 29.5 Å². The van der Waals surface area contributed by atoms with E-state index in [0.29, 0.717) is 12.2 Å². The standard InChI is InChI=1S/C11H11NO2/c13-11-7-9-6-10(11)12(14-9)8-4-2-1-3-5-8/h1-5,9-10H,6-7H2. The molecule has 72 valence electrons. The second-order valence-corrected chi connectivity index (χ2v) is 3.81. The van der Waals surface area contributed by atoms with Crippen LogP contribution in [0.5, 0.6) is 0 Å². The number of hydroxylamine groups is 1. The van der Waals surface area contributed by atoms with E-state index in [1.165, 1.54) is 0 Å². The Balaban J connectivity index is 1.92. The van der Waals surface area contributed by atoms with Crippen molar-refractivity contribution in [2.75, 3.05) is 5.06 Å². The first-order chi connectivity index (χ1) is 6.84. The molecule has 0 radical (unpaired) electrons. The predicted molar refractivity (Wildman–Crippen MR) is 51.8 cm³/mol. The predicted octanol–water partition coefficient (Wildman–Crippen LogP) is 1.54. The number of Topliss-reactive ketones (excluding diaryl/α,β-unsaturated/α-hetero) is 1. The molecule has 2 unspecified atom stereocenters. The highest BCUT2D eigenvalue weighted by molar-refractivity contribution is 5.90. The second kappa shape index (κ2) is 2.82. The van der Waals surface area contributed by atoms with Gasteiger partial charge in [-0.25, -0.2) is 5.06 Å². The van der Waals surface area contributed by atoms with Crippen molar-refractivity contribution < 1.29 is 9.63 Å². The summed E-state index contributed by atoms with van der Waals surface area (Å²) in [6.07, 6.45) is 1.56. The summed E-state index contributed by atoms with van der Waals surface area (Å²) in [5, 5.41) is 1.76. The zero-order valence-corrected chi connectivity index (χ0v) is 7.72. The number of para-hydroxylation sites is 1. The third-order valence-corrected chi connectivity index (χ3v) is 2.84. The molecule has 1 aliphatic heterocycles. The molecule has 1 aliphatic carbocycles. The zero-order chi connectivity index (χ0) is 9.54. The first-order valence-corrected chi connectivity index (χ1v) is 4.88. The Morgan fingerprint density at radius 3 is 2.71 bits per heavy atom. The van der Waals surface area contributed by atoms with Gasteiger partial charge in [0.1, 0.15) is 6.04 Å². The molecule has 2 atom stereocenters. The van der Waals surface area contributed by atoms with Crippen LogP contribution in [0.2, 0.25) is 0 Å². The maximum Gasteiger partial charge on any atom is 0.160 e. The fraction of sp³-hybridized carbons (Fsp3) is 0.364. The van der Waals surface area contributed by atoms with Crippen molar-refractivity contribution in [3.8, 4) is 0 Å². The summed E-state index contributed by atoms with van der Waals surface area (Å²) < 4.78 is 0. The molecule has 0 spiro atoms. The van der Waals surface area contributed by atoms with Gasteiger partial charge in [0.2, 0.25) is 0 Å². The van der Waals surface area contributed by atoms with Crippen LogP contribution in [0.4, 0.5) is 5.69 Å². The lowest BCUT2D eigenvalue weighted by Crippen LogP contribution is -2.37. The number of hydrogen-bond acceptors (Lipinski definition) is 3. The largest absolute Gasteiger partial charge is 0.297 e. The number of carbonyl (C=O) groups is 1. The van der Waals surface area contributed by atoms with E-state index >= 15 is 0 Å². The number of carbonyl (C=O) groups excluding carboxylic acids is 1. The molecule has 1 saturated carbocycles. The third kappa shape index (κ3) is 1.06. The van der Waals surface area contributed by atoms with Gasteiger partial charge in [-0.1, -0.05) is 18.2 Å². The number of ketones is 1. The average Bonchev–Trinajstić information content (AvgIpc) is 2.77. The molecular formula is C11H11NO2. The minimum Gasteiger partial charge on any atom is -0.297 e. The highest BCUT2D eigenvalue weighted by atomic mass is 16.7. The van der Waals surface area contributed by atoms with E-state index in [0.717, 1.165) is 12.1 Å². The molecule has 2 aliphatic rings. The van der Waals surface area contributed by atoms with Crippen molar-refractivity contribution in [3.05, 3.63) is 30.3 Å². The van der Waals surface area contributed by atoms with Gasteiger partial charge in [-0.2, -0.15) is 0 Å². The molecule has 0 N–H and O–H groups in total. The molecule has 2 fully saturated rings. The molecule has 1 aromatic rings. The van der Waals surface area contributed by atoms with Crippen LogP contribution in [0.3, 0.4) is 0 Å². The van der Waals surface area contributed by atoms with Crippen LogP contribution in [-0.2, 0) is 9.63 Å². The third-order valence-electron chi connectivity index (χ3n) is 2.84. The molecule has 1 saturated heterocycles. The van der Waals surface area contributed by atoms with Gasteiger partial charge in [-0.05, 0) is 12.1 Å². The van der Waals surface area contributed by atoms with E-state index in [2.05, 4.69) is 0 Å². The fourth-order valence-electron chi connectivity index (χ4n) is 2.18. The summed E-state index contributed by atoms with van der Waals surface area (Å²) in [7, 11) is 0. The minimum absolute atomic E-state index is 0.0394. The zero-order valence-electron chi connectivity index (χ0n) is 7.72. The Bertz CT molecular complexity index is 363.